The molecule has 3 rings (SSSR count). The van der Waals surface area contributed by atoms with E-state index in [4.69, 9.17) is 0 Å². The minimum Gasteiger partial charge on any atom is -0.481 e. The Labute approximate surface area is 154 Å². The van der Waals surface area contributed by atoms with Crippen LogP contribution in [0, 0.1) is 5.92 Å². The third kappa shape index (κ3) is 4.51. The van der Waals surface area contributed by atoms with E-state index >= 15 is 0 Å². The zero-order valence-corrected chi connectivity index (χ0v) is 14.8. The highest BCUT2D eigenvalue weighted by Gasteiger charge is 2.28. The lowest BCUT2D eigenvalue weighted by Crippen LogP contribution is -2.37. The quantitative estimate of drug-likeness (QED) is 0.828. The van der Waals surface area contributed by atoms with E-state index in [1.807, 2.05) is 24.3 Å². The summed E-state index contributed by atoms with van der Waals surface area (Å²) in [5, 5.41) is 12.3. The van der Waals surface area contributed by atoms with Crippen LogP contribution in [-0.2, 0) is 9.59 Å². The van der Waals surface area contributed by atoms with Gasteiger partial charge in [-0.3, -0.25) is 9.59 Å². The molecule has 2 aromatic carbocycles. The Hall–Kier alpha value is -2.62. The zero-order valence-electron chi connectivity index (χ0n) is 14.8. The number of rotatable bonds is 6. The average Bonchev–Trinajstić information content (AvgIpc) is 2.69. The molecule has 0 radical (unpaired) electrons. The molecular weight excluding hydrogens is 326 g/mol. The van der Waals surface area contributed by atoms with Gasteiger partial charge >= 0.3 is 5.97 Å². The summed E-state index contributed by atoms with van der Waals surface area (Å²) in [5.74, 6) is -1.12. The first-order valence-electron chi connectivity index (χ1n) is 9.25. The number of carbonyl (C=O) groups is 2. The molecule has 1 atom stereocenters. The molecule has 0 heterocycles. The van der Waals surface area contributed by atoms with Crippen LogP contribution in [-0.4, -0.2) is 23.5 Å². The van der Waals surface area contributed by atoms with Crippen molar-refractivity contribution >= 4 is 11.9 Å². The molecular formula is C22H25NO3. The van der Waals surface area contributed by atoms with Crippen LogP contribution in [0.4, 0.5) is 0 Å². The first-order chi connectivity index (χ1) is 12.6. The van der Waals surface area contributed by atoms with Gasteiger partial charge in [0.15, 0.2) is 0 Å². The molecule has 1 aliphatic rings. The minimum absolute atomic E-state index is 0.0137. The van der Waals surface area contributed by atoms with Gasteiger partial charge in [0.1, 0.15) is 0 Å². The van der Waals surface area contributed by atoms with Crippen LogP contribution in [0.25, 0.3) is 0 Å². The second-order valence-corrected chi connectivity index (χ2v) is 7.01. The summed E-state index contributed by atoms with van der Waals surface area (Å²) in [5.41, 5.74) is 2.06. The first kappa shape index (κ1) is 18.2. The molecule has 1 aliphatic carbocycles. The number of carbonyl (C=O) groups excluding carboxylic acids is 1. The standard InChI is InChI=1S/C22H25NO3/c24-21(23-15-20(22(25)26)18-9-5-2-6-10-18)19-13-11-17(12-14-19)16-7-3-1-4-8-16/h1-10,17,19-20H,11-15H2,(H,23,24)(H,25,26). The van der Waals surface area contributed by atoms with Gasteiger partial charge in [-0.1, -0.05) is 60.7 Å². The number of amides is 1. The van der Waals surface area contributed by atoms with E-state index in [1.165, 1.54) is 5.56 Å². The number of hydrogen-bond donors (Lipinski definition) is 2. The van der Waals surface area contributed by atoms with Crippen molar-refractivity contribution < 1.29 is 14.7 Å². The van der Waals surface area contributed by atoms with Crippen LogP contribution in [0.3, 0.4) is 0 Å². The van der Waals surface area contributed by atoms with Crippen molar-refractivity contribution in [2.45, 2.75) is 37.5 Å². The fraction of sp³-hybridized carbons (Fsp3) is 0.364. The van der Waals surface area contributed by atoms with Gasteiger partial charge in [-0.25, -0.2) is 0 Å². The van der Waals surface area contributed by atoms with Gasteiger partial charge in [-0.05, 0) is 42.7 Å². The molecule has 0 saturated heterocycles. The fourth-order valence-electron chi connectivity index (χ4n) is 3.79. The van der Waals surface area contributed by atoms with Crippen LogP contribution in [0.1, 0.15) is 48.6 Å². The van der Waals surface area contributed by atoms with Crippen LogP contribution in [0.5, 0.6) is 0 Å². The van der Waals surface area contributed by atoms with E-state index in [9.17, 15) is 14.7 Å². The Kier molecular flexibility index (Phi) is 6.05. The van der Waals surface area contributed by atoms with E-state index in [1.54, 1.807) is 12.1 Å². The van der Waals surface area contributed by atoms with Gasteiger partial charge < -0.3 is 10.4 Å². The van der Waals surface area contributed by atoms with E-state index in [0.717, 1.165) is 25.7 Å². The lowest BCUT2D eigenvalue weighted by Gasteiger charge is -2.28. The molecule has 2 aromatic rings. The molecule has 136 valence electrons. The summed E-state index contributed by atoms with van der Waals surface area (Å²) in [7, 11) is 0. The molecule has 4 heteroatoms. The highest BCUT2D eigenvalue weighted by atomic mass is 16.4. The highest BCUT2D eigenvalue weighted by Crippen LogP contribution is 2.35. The van der Waals surface area contributed by atoms with E-state index in [2.05, 4.69) is 29.6 Å². The second-order valence-electron chi connectivity index (χ2n) is 7.01. The fourth-order valence-corrected chi connectivity index (χ4v) is 3.79. The molecule has 0 spiro atoms. The Morgan fingerprint density at radius 2 is 1.50 bits per heavy atom. The van der Waals surface area contributed by atoms with Crippen molar-refractivity contribution in [3.63, 3.8) is 0 Å². The normalized spacial score (nSPS) is 20.9. The molecule has 1 unspecified atom stereocenters. The first-order valence-corrected chi connectivity index (χ1v) is 9.25. The Bertz CT molecular complexity index is 722. The summed E-state index contributed by atoms with van der Waals surface area (Å²) < 4.78 is 0. The third-order valence-electron chi connectivity index (χ3n) is 5.35. The highest BCUT2D eigenvalue weighted by molar-refractivity contribution is 5.81. The van der Waals surface area contributed by atoms with Crippen molar-refractivity contribution in [2.75, 3.05) is 6.54 Å². The molecule has 0 aromatic heterocycles. The monoisotopic (exact) mass is 351 g/mol. The van der Waals surface area contributed by atoms with Crippen molar-refractivity contribution in [3.8, 4) is 0 Å². The van der Waals surface area contributed by atoms with Crippen LogP contribution >= 0.6 is 0 Å². The maximum Gasteiger partial charge on any atom is 0.312 e. The van der Waals surface area contributed by atoms with Crippen LogP contribution < -0.4 is 5.32 Å². The molecule has 0 bridgehead atoms. The minimum atomic E-state index is -0.913. The van der Waals surface area contributed by atoms with Gasteiger partial charge in [-0.15, -0.1) is 0 Å². The Balaban J connectivity index is 1.52. The molecule has 1 saturated carbocycles. The zero-order chi connectivity index (χ0) is 18.4. The average molecular weight is 351 g/mol. The summed E-state index contributed by atoms with van der Waals surface area (Å²) in [6.07, 6.45) is 3.72. The number of aliphatic carboxylic acids is 1. The van der Waals surface area contributed by atoms with E-state index < -0.39 is 11.9 Å². The van der Waals surface area contributed by atoms with Crippen molar-refractivity contribution in [1.29, 1.82) is 0 Å². The number of carboxylic acids is 1. The van der Waals surface area contributed by atoms with Gasteiger partial charge in [0.2, 0.25) is 5.91 Å². The molecule has 2 N–H and O–H groups in total. The number of carboxylic acid groups (broad SMARTS) is 1. The van der Waals surface area contributed by atoms with Gasteiger partial charge in [0, 0.05) is 12.5 Å². The maximum atomic E-state index is 12.5. The third-order valence-corrected chi connectivity index (χ3v) is 5.35. The van der Waals surface area contributed by atoms with E-state index in [0.29, 0.717) is 11.5 Å². The van der Waals surface area contributed by atoms with Crippen LogP contribution in [0.2, 0.25) is 0 Å². The molecule has 1 amide bonds. The maximum absolute atomic E-state index is 12.5. The summed E-state index contributed by atoms with van der Waals surface area (Å²) in [6, 6.07) is 19.5. The number of nitrogens with one attached hydrogen (secondary N) is 1. The van der Waals surface area contributed by atoms with Gasteiger partial charge in [-0.2, -0.15) is 0 Å². The number of benzene rings is 2. The molecule has 4 nitrogen and oxygen atoms in total. The van der Waals surface area contributed by atoms with Gasteiger partial charge in [0.25, 0.3) is 0 Å². The molecule has 0 aliphatic heterocycles. The smallest absolute Gasteiger partial charge is 0.312 e. The van der Waals surface area contributed by atoms with E-state index in [-0.39, 0.29) is 18.4 Å². The summed E-state index contributed by atoms with van der Waals surface area (Å²) in [6.45, 7) is 0.136. The summed E-state index contributed by atoms with van der Waals surface area (Å²) in [4.78, 5) is 24.0. The predicted molar refractivity (Wildman–Crippen MR) is 101 cm³/mol. The SMILES string of the molecule is O=C(NCC(C(=O)O)c1ccccc1)C1CCC(c2ccccc2)CC1. The largest absolute Gasteiger partial charge is 0.481 e. The summed E-state index contributed by atoms with van der Waals surface area (Å²) >= 11 is 0. The predicted octanol–water partition coefficient (Wildman–Crippen LogP) is 3.95. The second kappa shape index (κ2) is 8.65. The lowest BCUT2D eigenvalue weighted by molar-refractivity contribution is -0.138. The van der Waals surface area contributed by atoms with Crippen LogP contribution in [0.15, 0.2) is 60.7 Å². The van der Waals surface area contributed by atoms with Crippen molar-refractivity contribution in [3.05, 3.63) is 71.8 Å². The number of hydrogen-bond acceptors (Lipinski definition) is 2. The lowest BCUT2D eigenvalue weighted by atomic mass is 9.78. The topological polar surface area (TPSA) is 66.4 Å². The molecule has 26 heavy (non-hydrogen) atoms. The van der Waals surface area contributed by atoms with Crippen molar-refractivity contribution in [2.24, 2.45) is 5.92 Å². The Morgan fingerprint density at radius 1 is 0.923 bits per heavy atom. The van der Waals surface area contributed by atoms with Gasteiger partial charge in [0.05, 0.1) is 5.92 Å². The van der Waals surface area contributed by atoms with Crippen molar-refractivity contribution in [1.82, 2.24) is 5.32 Å². The Morgan fingerprint density at radius 3 is 2.08 bits per heavy atom. The molecule has 1 fully saturated rings.